The number of amides is 2. The summed E-state index contributed by atoms with van der Waals surface area (Å²) in [7, 11) is 1.48. The van der Waals surface area contributed by atoms with Crippen LogP contribution in [0.1, 0.15) is 5.56 Å². The lowest BCUT2D eigenvalue weighted by molar-refractivity contribution is -0.121. The highest BCUT2D eigenvalue weighted by atomic mass is 79.9. The summed E-state index contributed by atoms with van der Waals surface area (Å²) in [4.78, 5) is 26.8. The average Bonchev–Trinajstić information content (AvgIpc) is 3.03. The molecule has 2 aromatic carbocycles. The van der Waals surface area contributed by atoms with E-state index in [4.69, 9.17) is 44.9 Å². The van der Waals surface area contributed by atoms with Gasteiger partial charge in [0, 0.05) is 12.2 Å². The molecule has 1 aliphatic rings. The Hall–Kier alpha value is -2.04. The Kier molecular flexibility index (Phi) is 8.83. The molecule has 0 atom stereocenters. The molecule has 0 saturated carbocycles. The zero-order chi connectivity index (χ0) is 24.1. The van der Waals surface area contributed by atoms with E-state index in [1.165, 1.54) is 23.8 Å². The number of carbonyl (C=O) groups is 2. The Balaban J connectivity index is 1.73. The molecule has 0 aliphatic carbocycles. The number of rotatable bonds is 8. The second-order valence-corrected chi connectivity index (χ2v) is 9.93. The van der Waals surface area contributed by atoms with Crippen molar-refractivity contribution in [1.29, 1.82) is 0 Å². The van der Waals surface area contributed by atoms with E-state index in [-0.39, 0.29) is 12.5 Å². The van der Waals surface area contributed by atoms with E-state index in [0.717, 1.165) is 0 Å². The fourth-order valence-corrected chi connectivity index (χ4v) is 4.96. The van der Waals surface area contributed by atoms with Crippen molar-refractivity contribution in [3.05, 3.63) is 68.0 Å². The first-order valence-electron chi connectivity index (χ1n) is 9.35. The molecule has 3 rings (SSSR count). The minimum atomic E-state index is -0.391. The molecule has 0 spiro atoms. The van der Waals surface area contributed by atoms with Crippen molar-refractivity contribution in [1.82, 2.24) is 4.90 Å². The maximum atomic E-state index is 12.6. The molecule has 6 nitrogen and oxygen atoms in total. The summed E-state index contributed by atoms with van der Waals surface area (Å²) in [6, 6.07) is 8.23. The van der Waals surface area contributed by atoms with E-state index in [0.29, 0.717) is 53.0 Å². The van der Waals surface area contributed by atoms with Crippen LogP contribution in [-0.4, -0.2) is 41.3 Å². The molecule has 0 radical (unpaired) electrons. The number of nitrogens with zero attached hydrogens (tertiary/aromatic N) is 1. The maximum Gasteiger partial charge on any atom is 0.266 e. The summed E-state index contributed by atoms with van der Waals surface area (Å²) < 4.78 is 12.1. The molecule has 1 heterocycles. The standard InChI is InChI=1S/C22H17BrCl2N2O4S2/c1-3-6-27-21(29)18(33-22(27)32)9-12-7-14(23)20(17(8-12)30-2)31-11-19(28)26-13-4-5-15(24)16(25)10-13/h3-5,7-10H,1,6,11H2,2H3,(H,26,28)/b18-9-. The molecule has 11 heteroatoms. The van der Waals surface area contributed by atoms with E-state index >= 15 is 0 Å². The lowest BCUT2D eigenvalue weighted by atomic mass is 10.2. The van der Waals surface area contributed by atoms with Gasteiger partial charge in [0.05, 0.1) is 26.5 Å². The summed E-state index contributed by atoms with van der Waals surface area (Å²) in [5, 5.41) is 3.41. The third kappa shape index (κ3) is 6.30. The Labute approximate surface area is 219 Å². The van der Waals surface area contributed by atoms with Crippen LogP contribution in [0.25, 0.3) is 6.08 Å². The van der Waals surface area contributed by atoms with E-state index < -0.39 is 5.91 Å². The first kappa shape index (κ1) is 25.6. The normalized spacial score (nSPS) is 14.5. The van der Waals surface area contributed by atoms with Gasteiger partial charge in [-0.2, -0.15) is 0 Å². The van der Waals surface area contributed by atoms with Crippen LogP contribution in [0, 0.1) is 0 Å². The van der Waals surface area contributed by atoms with Crippen molar-refractivity contribution in [3.63, 3.8) is 0 Å². The molecule has 2 amide bonds. The molecule has 1 N–H and O–H groups in total. The average molecular weight is 588 g/mol. The van der Waals surface area contributed by atoms with Crippen LogP contribution in [0.5, 0.6) is 11.5 Å². The molecule has 33 heavy (non-hydrogen) atoms. The van der Waals surface area contributed by atoms with Gasteiger partial charge in [0.25, 0.3) is 11.8 Å². The van der Waals surface area contributed by atoms with Gasteiger partial charge in [0.1, 0.15) is 4.32 Å². The van der Waals surface area contributed by atoms with Crippen LogP contribution in [-0.2, 0) is 9.59 Å². The Morgan fingerprint density at radius 3 is 2.73 bits per heavy atom. The van der Waals surface area contributed by atoms with Crippen LogP contribution in [0.15, 0.2) is 52.4 Å². The second-order valence-electron chi connectivity index (χ2n) is 6.58. The predicted octanol–water partition coefficient (Wildman–Crippen LogP) is 6.17. The second kappa shape index (κ2) is 11.4. The molecule has 1 fully saturated rings. The molecule has 172 valence electrons. The van der Waals surface area contributed by atoms with Crippen molar-refractivity contribution < 1.29 is 19.1 Å². The van der Waals surface area contributed by atoms with Crippen LogP contribution < -0.4 is 14.8 Å². The van der Waals surface area contributed by atoms with Gasteiger partial charge in [-0.25, -0.2) is 0 Å². The number of carbonyl (C=O) groups excluding carboxylic acids is 2. The van der Waals surface area contributed by atoms with Gasteiger partial charge in [-0.15, -0.1) is 6.58 Å². The summed E-state index contributed by atoms with van der Waals surface area (Å²) in [5.41, 5.74) is 1.19. The number of halogens is 3. The summed E-state index contributed by atoms with van der Waals surface area (Å²) in [5.74, 6) is 0.161. The van der Waals surface area contributed by atoms with Crippen molar-refractivity contribution in [2.45, 2.75) is 0 Å². The fraction of sp³-hybridized carbons (Fsp3) is 0.136. The molecule has 1 aliphatic heterocycles. The summed E-state index contributed by atoms with van der Waals surface area (Å²) in [6.45, 7) is 3.73. The highest BCUT2D eigenvalue weighted by molar-refractivity contribution is 9.10. The van der Waals surface area contributed by atoms with Crippen molar-refractivity contribution >= 4 is 91.0 Å². The summed E-state index contributed by atoms with van der Waals surface area (Å²) >= 11 is 21.8. The first-order chi connectivity index (χ1) is 15.7. The quantitative estimate of drug-likeness (QED) is 0.226. The van der Waals surface area contributed by atoms with Gasteiger partial charge in [0.15, 0.2) is 18.1 Å². The van der Waals surface area contributed by atoms with E-state index in [2.05, 4.69) is 27.8 Å². The summed E-state index contributed by atoms with van der Waals surface area (Å²) in [6.07, 6.45) is 3.34. The van der Waals surface area contributed by atoms with Crippen molar-refractivity contribution in [2.75, 3.05) is 25.6 Å². The fourth-order valence-electron chi connectivity index (χ4n) is 2.81. The van der Waals surface area contributed by atoms with Gasteiger partial charge in [0.2, 0.25) is 0 Å². The number of hydrogen-bond donors (Lipinski definition) is 1. The third-order valence-corrected chi connectivity index (χ3v) is 6.99. The Bertz CT molecular complexity index is 1170. The number of thiocarbonyl (C=S) groups is 1. The highest BCUT2D eigenvalue weighted by Crippen LogP contribution is 2.39. The number of benzene rings is 2. The van der Waals surface area contributed by atoms with E-state index in [1.54, 1.807) is 42.5 Å². The number of thioether (sulfide) groups is 1. The molecule has 0 unspecified atom stereocenters. The van der Waals surface area contributed by atoms with Gasteiger partial charge >= 0.3 is 0 Å². The van der Waals surface area contributed by atoms with Gasteiger partial charge < -0.3 is 14.8 Å². The number of methoxy groups -OCH3 is 1. The zero-order valence-corrected chi connectivity index (χ0v) is 21.9. The minimum Gasteiger partial charge on any atom is -0.493 e. The largest absolute Gasteiger partial charge is 0.493 e. The zero-order valence-electron chi connectivity index (χ0n) is 17.2. The molecular weight excluding hydrogens is 571 g/mol. The smallest absolute Gasteiger partial charge is 0.266 e. The Morgan fingerprint density at radius 2 is 2.06 bits per heavy atom. The molecular formula is C22H17BrCl2N2O4S2. The monoisotopic (exact) mass is 586 g/mol. The lowest BCUT2D eigenvalue weighted by Gasteiger charge is -2.14. The maximum absolute atomic E-state index is 12.6. The molecule has 0 aromatic heterocycles. The minimum absolute atomic E-state index is 0.181. The van der Waals surface area contributed by atoms with Gasteiger partial charge in [-0.1, -0.05) is 53.3 Å². The topological polar surface area (TPSA) is 67.9 Å². The number of nitrogens with one attached hydrogen (secondary N) is 1. The van der Waals surface area contributed by atoms with Crippen LogP contribution >= 0.6 is 63.1 Å². The highest BCUT2D eigenvalue weighted by Gasteiger charge is 2.31. The third-order valence-electron chi connectivity index (χ3n) is 4.29. The van der Waals surface area contributed by atoms with Crippen molar-refractivity contribution in [3.8, 4) is 11.5 Å². The van der Waals surface area contributed by atoms with Crippen LogP contribution in [0.4, 0.5) is 5.69 Å². The number of anilines is 1. The SMILES string of the molecule is C=CCN1C(=O)/C(=C/c2cc(Br)c(OCC(=O)Nc3ccc(Cl)c(Cl)c3)c(OC)c2)SC1=S. The van der Waals surface area contributed by atoms with E-state index in [1.807, 2.05) is 0 Å². The lowest BCUT2D eigenvalue weighted by Crippen LogP contribution is -2.27. The number of ether oxygens (including phenoxy) is 2. The number of hydrogen-bond acceptors (Lipinski definition) is 6. The van der Waals surface area contributed by atoms with Crippen LogP contribution in [0.2, 0.25) is 10.0 Å². The van der Waals surface area contributed by atoms with E-state index in [9.17, 15) is 9.59 Å². The molecule has 1 saturated heterocycles. The van der Waals surface area contributed by atoms with Gasteiger partial charge in [-0.3, -0.25) is 14.5 Å². The molecule has 2 aromatic rings. The van der Waals surface area contributed by atoms with Crippen LogP contribution in [0.3, 0.4) is 0 Å². The van der Waals surface area contributed by atoms with Gasteiger partial charge in [-0.05, 0) is 57.9 Å². The Morgan fingerprint density at radius 1 is 1.30 bits per heavy atom. The molecule has 0 bridgehead atoms. The first-order valence-corrected chi connectivity index (χ1v) is 12.1. The predicted molar refractivity (Wildman–Crippen MR) is 141 cm³/mol. The van der Waals surface area contributed by atoms with Crippen molar-refractivity contribution in [2.24, 2.45) is 0 Å².